The first kappa shape index (κ1) is 6.68. The minimum atomic E-state index is 0.436. The number of fused-ring (bicyclic) bond motifs is 1. The summed E-state index contributed by atoms with van der Waals surface area (Å²) in [6.07, 6.45) is 0. The maximum absolute atomic E-state index is 9.51. The van der Waals surface area contributed by atoms with Gasteiger partial charge in [0.1, 0.15) is 5.75 Å². The van der Waals surface area contributed by atoms with Gasteiger partial charge in [0.2, 0.25) is 0 Å². The topological polar surface area (TPSA) is 20.2 Å². The summed E-state index contributed by atoms with van der Waals surface area (Å²) in [5.74, 6) is 0.436. The molecule has 56 valence electrons. The maximum Gasteiger partial charge on any atom is 0.137 e. The Morgan fingerprint density at radius 3 is 2.73 bits per heavy atom. The van der Waals surface area contributed by atoms with Crippen molar-refractivity contribution in [2.45, 2.75) is 6.92 Å². The summed E-state index contributed by atoms with van der Waals surface area (Å²) in [6.45, 7) is 1.93. The van der Waals surface area contributed by atoms with Gasteiger partial charge in [0.05, 0.1) is 0 Å². The largest absolute Gasteiger partial charge is 0.506 e. The molecule has 1 aromatic heterocycles. The summed E-state index contributed by atoms with van der Waals surface area (Å²) < 4.78 is 1.16. The van der Waals surface area contributed by atoms with Gasteiger partial charge in [-0.25, -0.2) is 0 Å². The monoisotopic (exact) mass is 164 g/mol. The standard InChI is InChI=1S/C9H8OS/c1-6-9(10)7-4-2-3-5-8(7)11-6/h2-5,10H,1H3. The van der Waals surface area contributed by atoms with Crippen molar-refractivity contribution in [1.29, 1.82) is 0 Å². The van der Waals surface area contributed by atoms with Crippen LogP contribution in [0.15, 0.2) is 24.3 Å². The summed E-state index contributed by atoms with van der Waals surface area (Å²) in [4.78, 5) is 0.992. The van der Waals surface area contributed by atoms with Crippen molar-refractivity contribution >= 4 is 21.4 Å². The first-order chi connectivity index (χ1) is 5.29. The molecule has 0 radical (unpaired) electrons. The summed E-state index contributed by atoms with van der Waals surface area (Å²) in [5, 5.41) is 10.5. The fourth-order valence-corrected chi connectivity index (χ4v) is 2.11. The van der Waals surface area contributed by atoms with Crippen molar-refractivity contribution in [2.75, 3.05) is 0 Å². The molecule has 0 fully saturated rings. The quantitative estimate of drug-likeness (QED) is 0.634. The van der Waals surface area contributed by atoms with E-state index in [9.17, 15) is 5.11 Å². The predicted molar refractivity (Wildman–Crippen MR) is 48.2 cm³/mol. The minimum absolute atomic E-state index is 0.436. The molecule has 0 atom stereocenters. The average Bonchev–Trinajstić information content (AvgIpc) is 2.30. The van der Waals surface area contributed by atoms with Crippen LogP contribution in [0, 0.1) is 6.92 Å². The van der Waals surface area contributed by atoms with E-state index in [0.717, 1.165) is 15.0 Å². The molecule has 0 aliphatic heterocycles. The number of aryl methyl sites for hydroxylation is 1. The summed E-state index contributed by atoms with van der Waals surface area (Å²) in [5.41, 5.74) is 0. The zero-order chi connectivity index (χ0) is 7.84. The van der Waals surface area contributed by atoms with E-state index < -0.39 is 0 Å². The van der Waals surface area contributed by atoms with Gasteiger partial charge in [-0.1, -0.05) is 12.1 Å². The molecule has 1 aromatic carbocycles. The van der Waals surface area contributed by atoms with Crippen molar-refractivity contribution < 1.29 is 5.11 Å². The highest BCUT2D eigenvalue weighted by Crippen LogP contribution is 2.35. The highest BCUT2D eigenvalue weighted by atomic mass is 32.1. The normalized spacial score (nSPS) is 10.6. The van der Waals surface area contributed by atoms with E-state index in [4.69, 9.17) is 0 Å². The molecule has 0 amide bonds. The van der Waals surface area contributed by atoms with Crippen LogP contribution >= 0.6 is 11.3 Å². The number of thiophene rings is 1. The molecule has 0 saturated heterocycles. The van der Waals surface area contributed by atoms with Gasteiger partial charge >= 0.3 is 0 Å². The SMILES string of the molecule is Cc1sc2ccccc2c1O. The average molecular weight is 164 g/mol. The van der Waals surface area contributed by atoms with E-state index in [2.05, 4.69) is 0 Å². The van der Waals surface area contributed by atoms with E-state index in [0.29, 0.717) is 5.75 Å². The fourth-order valence-electron chi connectivity index (χ4n) is 1.15. The van der Waals surface area contributed by atoms with Crippen LogP contribution in [-0.4, -0.2) is 5.11 Å². The number of hydrogen-bond donors (Lipinski definition) is 1. The Balaban J connectivity index is 2.92. The molecule has 0 spiro atoms. The lowest BCUT2D eigenvalue weighted by molar-refractivity contribution is 0.480. The molecule has 0 unspecified atom stereocenters. The minimum Gasteiger partial charge on any atom is -0.506 e. The third-order valence-corrected chi connectivity index (χ3v) is 2.81. The molecular formula is C9H8OS. The highest BCUT2D eigenvalue weighted by molar-refractivity contribution is 7.19. The molecule has 0 saturated carbocycles. The van der Waals surface area contributed by atoms with E-state index in [1.807, 2.05) is 31.2 Å². The molecule has 1 heterocycles. The number of hydrogen-bond acceptors (Lipinski definition) is 2. The smallest absolute Gasteiger partial charge is 0.137 e. The van der Waals surface area contributed by atoms with Gasteiger partial charge in [0.15, 0.2) is 0 Å². The van der Waals surface area contributed by atoms with Crippen LogP contribution in [0.3, 0.4) is 0 Å². The van der Waals surface area contributed by atoms with Gasteiger partial charge in [0.25, 0.3) is 0 Å². The molecule has 1 N–H and O–H groups in total. The molecular weight excluding hydrogens is 156 g/mol. The highest BCUT2D eigenvalue weighted by Gasteiger charge is 2.04. The van der Waals surface area contributed by atoms with Crippen LogP contribution < -0.4 is 0 Å². The summed E-state index contributed by atoms with van der Waals surface area (Å²) in [7, 11) is 0. The lowest BCUT2D eigenvalue weighted by Gasteiger charge is -1.87. The van der Waals surface area contributed by atoms with Crippen molar-refractivity contribution in [3.05, 3.63) is 29.1 Å². The molecule has 2 rings (SSSR count). The van der Waals surface area contributed by atoms with Crippen LogP contribution in [-0.2, 0) is 0 Å². The Labute approximate surface area is 68.9 Å². The Bertz CT molecular complexity index is 389. The van der Waals surface area contributed by atoms with Crippen molar-refractivity contribution in [2.24, 2.45) is 0 Å². The van der Waals surface area contributed by atoms with Gasteiger partial charge in [-0.05, 0) is 19.1 Å². The zero-order valence-corrected chi connectivity index (χ0v) is 6.98. The first-order valence-electron chi connectivity index (χ1n) is 3.46. The van der Waals surface area contributed by atoms with Crippen molar-refractivity contribution in [1.82, 2.24) is 0 Å². The van der Waals surface area contributed by atoms with Crippen LogP contribution in [0.1, 0.15) is 4.88 Å². The Hall–Kier alpha value is -1.02. The summed E-state index contributed by atoms with van der Waals surface area (Å²) >= 11 is 1.63. The zero-order valence-electron chi connectivity index (χ0n) is 6.16. The second-order valence-corrected chi connectivity index (χ2v) is 3.76. The molecule has 0 aliphatic carbocycles. The first-order valence-corrected chi connectivity index (χ1v) is 4.28. The number of benzene rings is 1. The second kappa shape index (κ2) is 2.24. The second-order valence-electron chi connectivity index (χ2n) is 2.50. The van der Waals surface area contributed by atoms with Crippen molar-refractivity contribution in [3.8, 4) is 5.75 Å². The van der Waals surface area contributed by atoms with E-state index in [1.165, 1.54) is 0 Å². The van der Waals surface area contributed by atoms with E-state index in [1.54, 1.807) is 11.3 Å². The van der Waals surface area contributed by atoms with Gasteiger partial charge in [-0.3, -0.25) is 0 Å². The Morgan fingerprint density at radius 2 is 2.00 bits per heavy atom. The molecule has 1 nitrogen and oxygen atoms in total. The lowest BCUT2D eigenvalue weighted by atomic mass is 10.2. The third kappa shape index (κ3) is 0.906. The third-order valence-electron chi connectivity index (χ3n) is 1.74. The molecule has 2 heteroatoms. The Morgan fingerprint density at radius 1 is 1.27 bits per heavy atom. The number of rotatable bonds is 0. The van der Waals surface area contributed by atoms with E-state index >= 15 is 0 Å². The molecule has 0 aliphatic rings. The molecule has 2 aromatic rings. The number of aromatic hydroxyl groups is 1. The van der Waals surface area contributed by atoms with Crippen LogP contribution in [0.5, 0.6) is 5.75 Å². The molecule has 11 heavy (non-hydrogen) atoms. The molecule has 0 bridgehead atoms. The van der Waals surface area contributed by atoms with Crippen LogP contribution in [0.2, 0.25) is 0 Å². The lowest BCUT2D eigenvalue weighted by Crippen LogP contribution is -1.62. The predicted octanol–water partition coefficient (Wildman–Crippen LogP) is 2.92. The van der Waals surface area contributed by atoms with Gasteiger partial charge in [-0.15, -0.1) is 11.3 Å². The maximum atomic E-state index is 9.51. The van der Waals surface area contributed by atoms with Crippen LogP contribution in [0.25, 0.3) is 10.1 Å². The summed E-state index contributed by atoms with van der Waals surface area (Å²) in [6, 6.07) is 7.88. The van der Waals surface area contributed by atoms with Gasteiger partial charge in [0, 0.05) is 15.0 Å². The van der Waals surface area contributed by atoms with Gasteiger partial charge < -0.3 is 5.11 Å². The van der Waals surface area contributed by atoms with E-state index in [-0.39, 0.29) is 0 Å². The van der Waals surface area contributed by atoms with Crippen LogP contribution in [0.4, 0.5) is 0 Å². The van der Waals surface area contributed by atoms with Gasteiger partial charge in [-0.2, -0.15) is 0 Å². The van der Waals surface area contributed by atoms with Crippen molar-refractivity contribution in [3.63, 3.8) is 0 Å². The fraction of sp³-hybridized carbons (Fsp3) is 0.111. The Kier molecular flexibility index (Phi) is 1.36.